The van der Waals surface area contributed by atoms with E-state index in [0.29, 0.717) is 17.7 Å². The summed E-state index contributed by atoms with van der Waals surface area (Å²) in [5, 5.41) is 19.3. The molecule has 2 N–H and O–H groups in total. The summed E-state index contributed by atoms with van der Waals surface area (Å²) < 4.78 is 3.63. The minimum absolute atomic E-state index is 0.00372. The van der Waals surface area contributed by atoms with E-state index in [2.05, 4.69) is 0 Å². The van der Waals surface area contributed by atoms with Crippen LogP contribution in [0.25, 0.3) is 11.0 Å². The lowest BCUT2D eigenvalue weighted by atomic mass is 9.85. The molecular formula is C26H26ClN3O2. The van der Waals surface area contributed by atoms with Crippen LogP contribution in [0.1, 0.15) is 42.3 Å². The van der Waals surface area contributed by atoms with Crippen LogP contribution in [0, 0.1) is 5.41 Å². The van der Waals surface area contributed by atoms with Gasteiger partial charge in [-0.15, -0.1) is 0 Å². The summed E-state index contributed by atoms with van der Waals surface area (Å²) in [5.74, 6) is -0.164. The SMILES string of the molecule is CC(C)(C)c1cc(C(=O)Cn2c(=N)n(Cc3ccccc3)c3ccccc32)cc(Cl)c1O. The van der Waals surface area contributed by atoms with Crippen molar-refractivity contribution >= 4 is 28.4 Å². The number of ketones is 1. The number of halogens is 1. The first kappa shape index (κ1) is 21.9. The van der Waals surface area contributed by atoms with E-state index in [1.54, 1.807) is 10.6 Å². The second kappa shape index (κ2) is 8.32. The molecular weight excluding hydrogens is 422 g/mol. The molecule has 0 aliphatic heterocycles. The minimum Gasteiger partial charge on any atom is -0.506 e. The molecule has 4 rings (SSSR count). The highest BCUT2D eigenvalue weighted by atomic mass is 35.5. The Kier molecular flexibility index (Phi) is 5.70. The molecule has 32 heavy (non-hydrogen) atoms. The molecule has 3 aromatic carbocycles. The largest absolute Gasteiger partial charge is 0.506 e. The molecule has 0 atom stereocenters. The van der Waals surface area contributed by atoms with E-state index in [0.717, 1.165) is 16.6 Å². The highest BCUT2D eigenvalue weighted by Gasteiger charge is 2.23. The Bertz CT molecular complexity index is 1360. The topological polar surface area (TPSA) is 71.0 Å². The van der Waals surface area contributed by atoms with Crippen molar-refractivity contribution in [2.24, 2.45) is 0 Å². The van der Waals surface area contributed by atoms with Crippen molar-refractivity contribution in [2.45, 2.75) is 39.3 Å². The van der Waals surface area contributed by atoms with E-state index in [1.807, 2.05) is 79.9 Å². The van der Waals surface area contributed by atoms with Gasteiger partial charge < -0.3 is 14.2 Å². The van der Waals surface area contributed by atoms with Gasteiger partial charge >= 0.3 is 0 Å². The summed E-state index contributed by atoms with van der Waals surface area (Å²) in [6.45, 7) is 6.42. The molecule has 5 nitrogen and oxygen atoms in total. The Morgan fingerprint density at radius 1 is 0.969 bits per heavy atom. The van der Waals surface area contributed by atoms with Gasteiger partial charge in [0.05, 0.1) is 29.1 Å². The van der Waals surface area contributed by atoms with Crippen LogP contribution in [0.3, 0.4) is 0 Å². The summed E-state index contributed by atoms with van der Waals surface area (Å²) in [6.07, 6.45) is 0. The van der Waals surface area contributed by atoms with Crippen molar-refractivity contribution in [1.29, 1.82) is 5.41 Å². The van der Waals surface area contributed by atoms with Gasteiger partial charge in [-0.1, -0.05) is 74.8 Å². The van der Waals surface area contributed by atoms with Crippen molar-refractivity contribution in [3.05, 3.63) is 94.1 Å². The fourth-order valence-corrected chi connectivity index (χ4v) is 4.17. The first-order chi connectivity index (χ1) is 15.2. The number of phenols is 1. The Hall–Kier alpha value is -3.31. The highest BCUT2D eigenvalue weighted by Crippen LogP contribution is 2.37. The molecule has 4 aromatic rings. The number of carbonyl (C=O) groups excluding carboxylic acids is 1. The van der Waals surface area contributed by atoms with E-state index < -0.39 is 0 Å². The number of Topliss-reactive ketones (excluding diaryl/α,β-unsaturated/α-hetero) is 1. The van der Waals surface area contributed by atoms with Crippen LogP contribution < -0.4 is 5.62 Å². The quantitative estimate of drug-likeness (QED) is 0.396. The van der Waals surface area contributed by atoms with Gasteiger partial charge in [0.25, 0.3) is 0 Å². The number of imidazole rings is 1. The van der Waals surface area contributed by atoms with Crippen molar-refractivity contribution in [3.8, 4) is 5.75 Å². The average Bonchev–Trinajstić information content (AvgIpc) is 3.01. The van der Waals surface area contributed by atoms with Gasteiger partial charge in [0.15, 0.2) is 5.78 Å². The standard InChI is InChI=1S/C26H26ClN3O2/c1-26(2,3)19-13-18(14-20(27)24(19)32)23(31)16-30-22-12-8-7-11-21(22)29(25(30)28)15-17-9-5-4-6-10-17/h4-14,28,32H,15-16H2,1-3H3. The smallest absolute Gasteiger partial charge is 0.203 e. The number of carbonyl (C=O) groups is 1. The fraction of sp³-hybridized carbons (Fsp3) is 0.231. The third-order valence-electron chi connectivity index (χ3n) is 5.65. The number of nitrogens with one attached hydrogen (secondary N) is 1. The first-order valence-electron chi connectivity index (χ1n) is 10.5. The molecule has 0 amide bonds. The lowest BCUT2D eigenvalue weighted by Gasteiger charge is -2.22. The first-order valence-corrected chi connectivity index (χ1v) is 10.9. The van der Waals surface area contributed by atoms with Gasteiger partial charge in [0, 0.05) is 11.1 Å². The summed E-state index contributed by atoms with van der Waals surface area (Å²) in [7, 11) is 0. The van der Waals surface area contributed by atoms with E-state index in [9.17, 15) is 9.90 Å². The third-order valence-corrected chi connectivity index (χ3v) is 5.94. The van der Waals surface area contributed by atoms with Crippen molar-refractivity contribution in [1.82, 2.24) is 9.13 Å². The van der Waals surface area contributed by atoms with Crippen LogP contribution in [0.2, 0.25) is 5.02 Å². The number of fused-ring (bicyclic) bond motifs is 1. The molecule has 1 aromatic heterocycles. The average molecular weight is 448 g/mol. The van der Waals surface area contributed by atoms with Crippen LogP contribution in [-0.4, -0.2) is 20.0 Å². The molecule has 0 radical (unpaired) electrons. The third kappa shape index (κ3) is 4.08. The van der Waals surface area contributed by atoms with Gasteiger partial charge in [-0.3, -0.25) is 10.2 Å². The van der Waals surface area contributed by atoms with Crippen LogP contribution in [0.5, 0.6) is 5.75 Å². The molecule has 0 saturated heterocycles. The Balaban J connectivity index is 1.76. The van der Waals surface area contributed by atoms with E-state index in [-0.39, 0.29) is 34.1 Å². The maximum atomic E-state index is 13.3. The number of hydrogen-bond acceptors (Lipinski definition) is 3. The summed E-state index contributed by atoms with van der Waals surface area (Å²) in [6, 6.07) is 20.9. The Morgan fingerprint density at radius 3 is 2.19 bits per heavy atom. The van der Waals surface area contributed by atoms with Crippen molar-refractivity contribution in [2.75, 3.05) is 0 Å². The van der Waals surface area contributed by atoms with Crippen LogP contribution in [0.4, 0.5) is 0 Å². The number of nitrogens with zero attached hydrogens (tertiary/aromatic N) is 2. The number of aromatic hydroxyl groups is 1. The zero-order chi connectivity index (χ0) is 23.0. The molecule has 1 heterocycles. The number of rotatable bonds is 5. The zero-order valence-corrected chi connectivity index (χ0v) is 19.1. The lowest BCUT2D eigenvalue weighted by Crippen LogP contribution is -2.28. The van der Waals surface area contributed by atoms with E-state index in [4.69, 9.17) is 17.0 Å². The van der Waals surface area contributed by atoms with Gasteiger partial charge in [0.2, 0.25) is 5.62 Å². The molecule has 0 aliphatic rings. The Morgan fingerprint density at radius 2 is 1.56 bits per heavy atom. The van der Waals surface area contributed by atoms with Crippen LogP contribution in [0.15, 0.2) is 66.7 Å². The lowest BCUT2D eigenvalue weighted by molar-refractivity contribution is 0.0971. The van der Waals surface area contributed by atoms with Crippen LogP contribution >= 0.6 is 11.6 Å². The molecule has 0 bridgehead atoms. The molecule has 0 unspecified atom stereocenters. The van der Waals surface area contributed by atoms with Gasteiger partial charge in [-0.2, -0.15) is 0 Å². The fourth-order valence-electron chi connectivity index (χ4n) is 3.95. The van der Waals surface area contributed by atoms with Crippen LogP contribution in [-0.2, 0) is 18.5 Å². The number of hydrogen-bond donors (Lipinski definition) is 2. The van der Waals surface area contributed by atoms with Crippen molar-refractivity contribution < 1.29 is 9.90 Å². The normalized spacial score (nSPS) is 11.8. The maximum Gasteiger partial charge on any atom is 0.203 e. The van der Waals surface area contributed by atoms with Gasteiger partial charge in [0.1, 0.15) is 5.75 Å². The maximum absolute atomic E-state index is 13.3. The molecule has 0 saturated carbocycles. The Labute approximate surface area is 192 Å². The molecule has 0 spiro atoms. The number of aromatic nitrogens is 2. The number of para-hydroxylation sites is 2. The minimum atomic E-state index is -0.372. The van der Waals surface area contributed by atoms with E-state index in [1.165, 1.54) is 6.07 Å². The molecule has 6 heteroatoms. The monoisotopic (exact) mass is 447 g/mol. The van der Waals surface area contributed by atoms with Crippen molar-refractivity contribution in [3.63, 3.8) is 0 Å². The zero-order valence-electron chi connectivity index (χ0n) is 18.4. The highest BCUT2D eigenvalue weighted by molar-refractivity contribution is 6.32. The van der Waals surface area contributed by atoms with E-state index >= 15 is 0 Å². The summed E-state index contributed by atoms with van der Waals surface area (Å²) in [4.78, 5) is 13.3. The summed E-state index contributed by atoms with van der Waals surface area (Å²) in [5.41, 5.74) is 3.73. The second-order valence-electron chi connectivity index (χ2n) is 9.00. The molecule has 164 valence electrons. The summed E-state index contributed by atoms with van der Waals surface area (Å²) >= 11 is 6.24. The number of benzene rings is 3. The second-order valence-corrected chi connectivity index (χ2v) is 9.40. The predicted molar refractivity (Wildman–Crippen MR) is 127 cm³/mol. The molecule has 0 fully saturated rings. The predicted octanol–water partition coefficient (Wildman–Crippen LogP) is 5.51. The van der Waals surface area contributed by atoms with Gasteiger partial charge in [-0.25, -0.2) is 0 Å². The van der Waals surface area contributed by atoms with Gasteiger partial charge in [-0.05, 0) is 35.2 Å². The molecule has 0 aliphatic carbocycles. The number of phenolic OH excluding ortho intramolecular Hbond substituents is 1.